The number of esters is 1. The van der Waals surface area contributed by atoms with Crippen molar-refractivity contribution in [2.45, 2.75) is 32.9 Å². The normalized spacial score (nSPS) is 14.3. The van der Waals surface area contributed by atoms with E-state index in [1.807, 2.05) is 60.7 Å². The maximum atomic E-state index is 12.7. The molecular formula is C23H25NO4. The number of benzene rings is 2. The lowest BCUT2D eigenvalue weighted by molar-refractivity contribution is -0.140. The average molecular weight is 379 g/mol. The minimum Gasteiger partial charge on any atom is -0.463 e. The first kappa shape index (κ1) is 19.8. The molecule has 0 N–H and O–H groups in total. The zero-order chi connectivity index (χ0) is 19.8. The SMILES string of the molecule is CCOC(=O)C1=C(COCc2ccccc2)N(Cc2ccccc2)C(=O)CC1. The van der Waals surface area contributed by atoms with E-state index < -0.39 is 0 Å². The lowest BCUT2D eigenvalue weighted by Gasteiger charge is -2.31. The molecular weight excluding hydrogens is 354 g/mol. The van der Waals surface area contributed by atoms with Crippen LogP contribution >= 0.6 is 0 Å². The number of rotatable bonds is 8. The number of hydrogen-bond acceptors (Lipinski definition) is 4. The summed E-state index contributed by atoms with van der Waals surface area (Å²) in [6, 6.07) is 19.6. The molecule has 2 aromatic rings. The van der Waals surface area contributed by atoms with Gasteiger partial charge in [0.05, 0.1) is 37.6 Å². The number of amides is 1. The molecule has 0 fully saturated rings. The summed E-state index contributed by atoms with van der Waals surface area (Å²) in [6.45, 7) is 3.08. The van der Waals surface area contributed by atoms with Gasteiger partial charge < -0.3 is 14.4 Å². The molecule has 0 aliphatic carbocycles. The van der Waals surface area contributed by atoms with Gasteiger partial charge in [0.1, 0.15) is 0 Å². The molecule has 0 aromatic heterocycles. The molecule has 3 rings (SSSR count). The van der Waals surface area contributed by atoms with E-state index in [-0.39, 0.29) is 18.5 Å². The average Bonchev–Trinajstić information content (AvgIpc) is 2.72. The fraction of sp³-hybridized carbons (Fsp3) is 0.304. The van der Waals surface area contributed by atoms with Crippen LogP contribution in [-0.4, -0.2) is 30.0 Å². The predicted molar refractivity (Wildman–Crippen MR) is 106 cm³/mol. The first-order valence-electron chi connectivity index (χ1n) is 9.54. The van der Waals surface area contributed by atoms with Gasteiger partial charge in [0.25, 0.3) is 0 Å². The van der Waals surface area contributed by atoms with Crippen molar-refractivity contribution in [1.82, 2.24) is 4.90 Å². The molecule has 0 unspecified atom stereocenters. The van der Waals surface area contributed by atoms with Crippen molar-refractivity contribution in [2.24, 2.45) is 0 Å². The van der Waals surface area contributed by atoms with Gasteiger partial charge in [0, 0.05) is 6.42 Å². The van der Waals surface area contributed by atoms with E-state index >= 15 is 0 Å². The van der Waals surface area contributed by atoms with Gasteiger partial charge in [-0.2, -0.15) is 0 Å². The number of nitrogens with zero attached hydrogens (tertiary/aromatic N) is 1. The summed E-state index contributed by atoms with van der Waals surface area (Å²) >= 11 is 0. The molecule has 1 aliphatic heterocycles. The molecule has 5 heteroatoms. The van der Waals surface area contributed by atoms with Crippen molar-refractivity contribution in [2.75, 3.05) is 13.2 Å². The van der Waals surface area contributed by atoms with Crippen LogP contribution in [0.2, 0.25) is 0 Å². The van der Waals surface area contributed by atoms with Gasteiger partial charge in [-0.05, 0) is 24.5 Å². The van der Waals surface area contributed by atoms with Crippen molar-refractivity contribution in [3.05, 3.63) is 83.1 Å². The molecule has 1 heterocycles. The summed E-state index contributed by atoms with van der Waals surface area (Å²) in [5.41, 5.74) is 3.18. The summed E-state index contributed by atoms with van der Waals surface area (Å²) in [4.78, 5) is 26.8. The number of carbonyl (C=O) groups is 2. The molecule has 0 radical (unpaired) electrons. The summed E-state index contributed by atoms with van der Waals surface area (Å²) in [6.07, 6.45) is 0.677. The van der Waals surface area contributed by atoms with E-state index in [1.54, 1.807) is 11.8 Å². The van der Waals surface area contributed by atoms with Crippen LogP contribution in [0.1, 0.15) is 30.9 Å². The fourth-order valence-corrected chi connectivity index (χ4v) is 3.22. The molecule has 0 bridgehead atoms. The third-order valence-corrected chi connectivity index (χ3v) is 4.62. The highest BCUT2D eigenvalue weighted by Gasteiger charge is 2.30. The lowest BCUT2D eigenvalue weighted by atomic mass is 10.0. The van der Waals surface area contributed by atoms with Gasteiger partial charge in [0.15, 0.2) is 0 Å². The van der Waals surface area contributed by atoms with E-state index in [9.17, 15) is 9.59 Å². The van der Waals surface area contributed by atoms with Crippen LogP contribution in [0.25, 0.3) is 0 Å². The molecule has 0 saturated carbocycles. The topological polar surface area (TPSA) is 55.8 Å². The van der Waals surface area contributed by atoms with Gasteiger partial charge in [-0.15, -0.1) is 0 Å². The molecule has 0 atom stereocenters. The van der Waals surface area contributed by atoms with Crippen molar-refractivity contribution in [3.8, 4) is 0 Å². The smallest absolute Gasteiger partial charge is 0.335 e. The van der Waals surface area contributed by atoms with Crippen LogP contribution in [0.15, 0.2) is 71.9 Å². The van der Waals surface area contributed by atoms with E-state index in [0.29, 0.717) is 43.9 Å². The van der Waals surface area contributed by atoms with Gasteiger partial charge in [-0.25, -0.2) is 4.79 Å². The Balaban J connectivity index is 1.82. The highest BCUT2D eigenvalue weighted by atomic mass is 16.5. The van der Waals surface area contributed by atoms with E-state index in [0.717, 1.165) is 11.1 Å². The minimum atomic E-state index is -0.369. The Morgan fingerprint density at radius 1 is 0.929 bits per heavy atom. The monoisotopic (exact) mass is 379 g/mol. The maximum Gasteiger partial charge on any atom is 0.335 e. The van der Waals surface area contributed by atoms with E-state index in [4.69, 9.17) is 9.47 Å². The summed E-state index contributed by atoms with van der Waals surface area (Å²) in [5, 5.41) is 0. The first-order chi connectivity index (χ1) is 13.7. The lowest BCUT2D eigenvalue weighted by Crippen LogP contribution is -2.37. The van der Waals surface area contributed by atoms with Crippen LogP contribution in [0.3, 0.4) is 0 Å². The zero-order valence-electron chi connectivity index (χ0n) is 16.1. The maximum absolute atomic E-state index is 12.7. The second-order valence-electron chi connectivity index (χ2n) is 6.59. The molecule has 28 heavy (non-hydrogen) atoms. The third kappa shape index (κ3) is 5.08. The zero-order valence-corrected chi connectivity index (χ0v) is 16.1. The summed E-state index contributed by atoms with van der Waals surface area (Å²) < 4.78 is 11.1. The second-order valence-corrected chi connectivity index (χ2v) is 6.59. The van der Waals surface area contributed by atoms with Gasteiger partial charge >= 0.3 is 5.97 Å². The van der Waals surface area contributed by atoms with Crippen molar-refractivity contribution < 1.29 is 19.1 Å². The Bertz CT molecular complexity index is 830. The third-order valence-electron chi connectivity index (χ3n) is 4.62. The van der Waals surface area contributed by atoms with Crippen LogP contribution in [0.4, 0.5) is 0 Å². The number of carbonyl (C=O) groups excluding carboxylic acids is 2. The van der Waals surface area contributed by atoms with Gasteiger partial charge in [-0.3, -0.25) is 4.79 Å². The number of ether oxygens (including phenoxy) is 2. The predicted octanol–water partition coefficient (Wildman–Crippen LogP) is 3.84. The molecule has 1 amide bonds. The largest absolute Gasteiger partial charge is 0.463 e. The fourth-order valence-electron chi connectivity index (χ4n) is 3.22. The van der Waals surface area contributed by atoms with Crippen LogP contribution in [-0.2, 0) is 32.2 Å². The standard InChI is InChI=1S/C23H25NO4/c1-2-28-23(26)20-13-14-22(25)24(15-18-9-5-3-6-10-18)21(20)17-27-16-19-11-7-4-8-12-19/h3-12H,2,13-17H2,1H3. The molecule has 146 valence electrons. The summed E-state index contributed by atoms with van der Waals surface area (Å²) in [5.74, 6) is -0.374. The molecule has 1 aliphatic rings. The highest BCUT2D eigenvalue weighted by molar-refractivity contribution is 5.93. The van der Waals surface area contributed by atoms with Crippen LogP contribution in [0, 0.1) is 0 Å². The summed E-state index contributed by atoms with van der Waals surface area (Å²) in [7, 11) is 0. The Kier molecular flexibility index (Phi) is 6.98. The quantitative estimate of drug-likeness (QED) is 0.654. The van der Waals surface area contributed by atoms with Crippen molar-refractivity contribution >= 4 is 11.9 Å². The van der Waals surface area contributed by atoms with Gasteiger partial charge in [0.2, 0.25) is 5.91 Å². The minimum absolute atomic E-state index is 0.00443. The Morgan fingerprint density at radius 2 is 1.57 bits per heavy atom. The molecule has 2 aromatic carbocycles. The number of hydrogen-bond donors (Lipinski definition) is 0. The van der Waals surface area contributed by atoms with Gasteiger partial charge in [-0.1, -0.05) is 60.7 Å². The van der Waals surface area contributed by atoms with Crippen LogP contribution in [0.5, 0.6) is 0 Å². The molecule has 5 nitrogen and oxygen atoms in total. The first-order valence-corrected chi connectivity index (χ1v) is 9.54. The van der Waals surface area contributed by atoms with Crippen LogP contribution < -0.4 is 0 Å². The van der Waals surface area contributed by atoms with E-state index in [1.165, 1.54) is 0 Å². The Labute approximate surface area is 165 Å². The Morgan fingerprint density at radius 3 is 2.21 bits per heavy atom. The molecule has 0 saturated heterocycles. The highest BCUT2D eigenvalue weighted by Crippen LogP contribution is 2.27. The van der Waals surface area contributed by atoms with E-state index in [2.05, 4.69) is 0 Å². The second kappa shape index (κ2) is 9.85. The van der Waals surface area contributed by atoms with Crippen molar-refractivity contribution in [1.29, 1.82) is 0 Å². The van der Waals surface area contributed by atoms with Crippen molar-refractivity contribution in [3.63, 3.8) is 0 Å². The Hall–Kier alpha value is -2.92. The molecule has 0 spiro atoms.